The van der Waals surface area contributed by atoms with E-state index in [0.29, 0.717) is 12.1 Å². The summed E-state index contributed by atoms with van der Waals surface area (Å²) in [5, 5.41) is 3.58. The highest BCUT2D eigenvalue weighted by Gasteiger charge is 2.51. The van der Waals surface area contributed by atoms with Crippen LogP contribution in [-0.4, -0.2) is 18.7 Å². The van der Waals surface area contributed by atoms with Gasteiger partial charge in [-0.2, -0.15) is 0 Å². The molecule has 2 heteroatoms. The highest BCUT2D eigenvalue weighted by atomic mass is 16.5. The third-order valence-corrected chi connectivity index (χ3v) is 4.80. The van der Waals surface area contributed by atoms with Gasteiger partial charge in [0.05, 0.1) is 0 Å². The van der Waals surface area contributed by atoms with Gasteiger partial charge >= 0.3 is 0 Å². The fraction of sp³-hybridized carbons (Fsp3) is 0.647. The molecule has 106 valence electrons. The van der Waals surface area contributed by atoms with E-state index in [4.69, 9.17) is 4.74 Å². The molecule has 2 nitrogen and oxygen atoms in total. The van der Waals surface area contributed by atoms with Crippen LogP contribution in [0.25, 0.3) is 0 Å². The second-order valence-electron chi connectivity index (χ2n) is 5.81. The van der Waals surface area contributed by atoms with Crippen LogP contribution < -0.4 is 10.1 Å². The van der Waals surface area contributed by atoms with Crippen molar-refractivity contribution < 1.29 is 4.74 Å². The van der Waals surface area contributed by atoms with E-state index in [0.717, 1.165) is 31.6 Å². The highest BCUT2D eigenvalue weighted by Crippen LogP contribution is 2.46. The van der Waals surface area contributed by atoms with E-state index in [1.807, 2.05) is 0 Å². The van der Waals surface area contributed by atoms with Gasteiger partial charge in [0, 0.05) is 17.9 Å². The lowest BCUT2D eigenvalue weighted by Gasteiger charge is -2.53. The molecule has 1 fully saturated rings. The molecular formula is C17H27NO. The van der Waals surface area contributed by atoms with E-state index in [1.54, 1.807) is 0 Å². The number of aryl methyl sites for hydroxylation is 1. The van der Waals surface area contributed by atoms with Gasteiger partial charge in [0.25, 0.3) is 0 Å². The van der Waals surface area contributed by atoms with Gasteiger partial charge in [-0.15, -0.1) is 0 Å². The lowest BCUT2D eigenvalue weighted by Crippen LogP contribution is -2.63. The van der Waals surface area contributed by atoms with Gasteiger partial charge < -0.3 is 10.1 Å². The third-order valence-electron chi connectivity index (χ3n) is 4.80. The lowest BCUT2D eigenvalue weighted by atomic mass is 9.61. The number of ether oxygens (including phenoxy) is 1. The van der Waals surface area contributed by atoms with Crippen LogP contribution in [0.2, 0.25) is 0 Å². The summed E-state index contributed by atoms with van der Waals surface area (Å²) < 4.78 is 6.19. The first kappa shape index (κ1) is 14.4. The molecule has 0 heterocycles. The molecule has 1 saturated carbocycles. The summed E-state index contributed by atoms with van der Waals surface area (Å²) in [5.41, 5.74) is 1.63. The third kappa shape index (κ3) is 2.79. The van der Waals surface area contributed by atoms with Crippen molar-refractivity contribution in [3.63, 3.8) is 0 Å². The number of nitrogens with one attached hydrogen (secondary N) is 1. The average Bonchev–Trinajstić information content (AvgIpc) is 2.46. The van der Waals surface area contributed by atoms with Crippen LogP contribution in [0.5, 0.6) is 5.75 Å². The van der Waals surface area contributed by atoms with Crippen molar-refractivity contribution in [3.8, 4) is 5.75 Å². The Hall–Kier alpha value is -1.02. The fourth-order valence-electron chi connectivity index (χ4n) is 3.00. The molecule has 0 saturated heterocycles. The predicted molar refractivity (Wildman–Crippen MR) is 80.7 cm³/mol. The van der Waals surface area contributed by atoms with Crippen LogP contribution in [0.3, 0.4) is 0 Å². The van der Waals surface area contributed by atoms with Gasteiger partial charge in [0.1, 0.15) is 11.9 Å². The van der Waals surface area contributed by atoms with Crippen molar-refractivity contribution in [2.24, 2.45) is 5.41 Å². The van der Waals surface area contributed by atoms with Gasteiger partial charge in [-0.25, -0.2) is 0 Å². The second kappa shape index (κ2) is 5.96. The largest absolute Gasteiger partial charge is 0.490 e. The zero-order chi connectivity index (χ0) is 13.9. The maximum Gasteiger partial charge on any atom is 0.119 e. The average molecular weight is 261 g/mol. The highest BCUT2D eigenvalue weighted by molar-refractivity contribution is 5.28. The minimum atomic E-state index is 0.263. The summed E-state index contributed by atoms with van der Waals surface area (Å²) in [6.45, 7) is 10.00. The van der Waals surface area contributed by atoms with E-state index in [2.05, 4.69) is 57.3 Å². The summed E-state index contributed by atoms with van der Waals surface area (Å²) in [6, 6.07) is 9.14. The molecule has 3 unspecified atom stereocenters. The van der Waals surface area contributed by atoms with E-state index in [1.165, 1.54) is 5.56 Å². The maximum absolute atomic E-state index is 6.19. The van der Waals surface area contributed by atoms with Gasteiger partial charge in [-0.3, -0.25) is 0 Å². The van der Waals surface area contributed by atoms with Crippen molar-refractivity contribution in [2.75, 3.05) is 6.54 Å². The van der Waals surface area contributed by atoms with Crippen molar-refractivity contribution in [3.05, 3.63) is 29.8 Å². The van der Waals surface area contributed by atoms with Crippen molar-refractivity contribution in [1.82, 2.24) is 5.32 Å². The van der Waals surface area contributed by atoms with Crippen molar-refractivity contribution in [2.45, 2.75) is 59.1 Å². The molecule has 1 aliphatic rings. The lowest BCUT2D eigenvalue weighted by molar-refractivity contribution is -0.0696. The topological polar surface area (TPSA) is 21.3 Å². The molecule has 0 aliphatic heterocycles. The number of hydrogen-bond acceptors (Lipinski definition) is 2. The minimum absolute atomic E-state index is 0.263. The molecule has 0 aromatic heterocycles. The molecule has 2 rings (SSSR count). The summed E-state index contributed by atoms with van der Waals surface area (Å²) in [4.78, 5) is 0. The zero-order valence-electron chi connectivity index (χ0n) is 12.7. The standard InChI is InChI=1S/C17H27NO/c1-5-13-8-10-14(11-9-13)19-16-12-15(18-7-3)17(16,4)6-2/h8-11,15-16,18H,5-7,12H2,1-4H3. The molecule has 0 amide bonds. The normalized spacial score (nSPS) is 29.9. The van der Waals surface area contributed by atoms with Crippen LogP contribution in [-0.2, 0) is 6.42 Å². The van der Waals surface area contributed by atoms with E-state index in [-0.39, 0.29) is 5.41 Å². The van der Waals surface area contributed by atoms with Gasteiger partial charge in [0.2, 0.25) is 0 Å². The Bertz CT molecular complexity index is 400. The summed E-state index contributed by atoms with van der Waals surface area (Å²) in [7, 11) is 0. The molecule has 0 bridgehead atoms. The molecule has 0 radical (unpaired) electrons. The van der Waals surface area contributed by atoms with Crippen LogP contribution in [0.15, 0.2) is 24.3 Å². The number of hydrogen-bond donors (Lipinski definition) is 1. The first-order chi connectivity index (χ1) is 9.13. The monoisotopic (exact) mass is 261 g/mol. The van der Waals surface area contributed by atoms with Crippen molar-refractivity contribution in [1.29, 1.82) is 0 Å². The van der Waals surface area contributed by atoms with Crippen LogP contribution in [0.1, 0.15) is 46.1 Å². The molecule has 1 N–H and O–H groups in total. The molecular weight excluding hydrogens is 234 g/mol. The van der Waals surface area contributed by atoms with E-state index in [9.17, 15) is 0 Å². The Kier molecular flexibility index (Phi) is 4.51. The second-order valence-corrected chi connectivity index (χ2v) is 5.81. The van der Waals surface area contributed by atoms with Crippen LogP contribution >= 0.6 is 0 Å². The summed E-state index contributed by atoms with van der Waals surface area (Å²) >= 11 is 0. The number of benzene rings is 1. The Balaban J connectivity index is 1.99. The molecule has 3 atom stereocenters. The SMILES string of the molecule is CCNC1CC(Oc2ccc(CC)cc2)C1(C)CC. The van der Waals surface area contributed by atoms with E-state index < -0.39 is 0 Å². The van der Waals surface area contributed by atoms with E-state index >= 15 is 0 Å². The molecule has 19 heavy (non-hydrogen) atoms. The van der Waals surface area contributed by atoms with Crippen LogP contribution in [0.4, 0.5) is 0 Å². The molecule has 1 aromatic rings. The summed E-state index contributed by atoms with van der Waals surface area (Å²) in [6.07, 6.45) is 3.70. The van der Waals surface area contributed by atoms with Gasteiger partial charge in [-0.05, 0) is 37.1 Å². The first-order valence-electron chi connectivity index (χ1n) is 7.63. The smallest absolute Gasteiger partial charge is 0.119 e. The summed E-state index contributed by atoms with van der Waals surface area (Å²) in [5.74, 6) is 1.01. The zero-order valence-corrected chi connectivity index (χ0v) is 12.7. The van der Waals surface area contributed by atoms with Crippen LogP contribution in [0, 0.1) is 5.41 Å². The quantitative estimate of drug-likeness (QED) is 0.841. The Morgan fingerprint density at radius 3 is 2.42 bits per heavy atom. The Morgan fingerprint density at radius 2 is 1.89 bits per heavy atom. The molecule has 1 aromatic carbocycles. The molecule has 1 aliphatic carbocycles. The predicted octanol–water partition coefficient (Wildman–Crippen LogP) is 3.79. The Labute approximate surface area is 117 Å². The Morgan fingerprint density at radius 1 is 1.21 bits per heavy atom. The van der Waals surface area contributed by atoms with Crippen molar-refractivity contribution >= 4 is 0 Å². The first-order valence-corrected chi connectivity index (χ1v) is 7.63. The molecule has 0 spiro atoms. The number of rotatable bonds is 6. The van der Waals surface area contributed by atoms with Gasteiger partial charge in [0.15, 0.2) is 0 Å². The van der Waals surface area contributed by atoms with Gasteiger partial charge in [-0.1, -0.05) is 39.8 Å². The minimum Gasteiger partial charge on any atom is -0.490 e. The maximum atomic E-state index is 6.19. The fourth-order valence-corrected chi connectivity index (χ4v) is 3.00.